The largest absolute Gasteiger partial charge is 0.481 e. The number of amides is 1. The number of nitrogens with zero attached hydrogens (tertiary/aromatic N) is 1. The maximum atomic E-state index is 11.8. The minimum atomic E-state index is -0.913. The van der Waals surface area contributed by atoms with Crippen molar-refractivity contribution in [2.75, 3.05) is 6.54 Å². The van der Waals surface area contributed by atoms with Crippen LogP contribution < -0.4 is 0 Å². The molecule has 5 heteroatoms. The van der Waals surface area contributed by atoms with Gasteiger partial charge in [0.1, 0.15) is 0 Å². The molecule has 0 radical (unpaired) electrons. The Labute approximate surface area is 114 Å². The highest BCUT2D eigenvalue weighted by molar-refractivity contribution is 9.10. The third-order valence-corrected chi connectivity index (χ3v) is 3.77. The van der Waals surface area contributed by atoms with Gasteiger partial charge in [-0.05, 0) is 24.6 Å². The number of aliphatic carboxylic acids is 1. The summed E-state index contributed by atoms with van der Waals surface area (Å²) in [6, 6.07) is 7.12. The van der Waals surface area contributed by atoms with E-state index in [1.165, 1.54) is 0 Å². The van der Waals surface area contributed by atoms with Crippen LogP contribution in [-0.2, 0) is 9.59 Å². The van der Waals surface area contributed by atoms with Crippen molar-refractivity contribution in [3.63, 3.8) is 0 Å². The van der Waals surface area contributed by atoms with Crippen LogP contribution in [-0.4, -0.2) is 28.4 Å². The Morgan fingerprint density at radius 1 is 1.56 bits per heavy atom. The zero-order valence-electron chi connectivity index (χ0n) is 9.97. The van der Waals surface area contributed by atoms with Crippen molar-refractivity contribution < 1.29 is 14.7 Å². The van der Waals surface area contributed by atoms with E-state index in [0.717, 1.165) is 10.0 Å². The van der Waals surface area contributed by atoms with Gasteiger partial charge >= 0.3 is 5.97 Å². The number of carboxylic acid groups (broad SMARTS) is 1. The number of carboxylic acids is 1. The van der Waals surface area contributed by atoms with Gasteiger partial charge in [0.05, 0.1) is 12.0 Å². The summed E-state index contributed by atoms with van der Waals surface area (Å²) in [5.74, 6) is -1.66. The van der Waals surface area contributed by atoms with E-state index < -0.39 is 11.9 Å². The minimum absolute atomic E-state index is 0.0837. The molecule has 1 amide bonds. The van der Waals surface area contributed by atoms with Crippen molar-refractivity contribution in [3.8, 4) is 0 Å². The fraction of sp³-hybridized carbons (Fsp3) is 0.385. The van der Waals surface area contributed by atoms with Gasteiger partial charge in [0.15, 0.2) is 0 Å². The van der Waals surface area contributed by atoms with Gasteiger partial charge in [-0.15, -0.1) is 0 Å². The molecule has 2 rings (SSSR count). The Bertz CT molecular complexity index is 489. The molecule has 0 saturated carbocycles. The van der Waals surface area contributed by atoms with Crippen molar-refractivity contribution in [2.24, 2.45) is 5.92 Å². The Morgan fingerprint density at radius 2 is 2.28 bits per heavy atom. The second kappa shape index (κ2) is 5.10. The molecule has 0 bridgehead atoms. The first-order valence-corrected chi connectivity index (χ1v) is 6.61. The zero-order chi connectivity index (χ0) is 13.3. The van der Waals surface area contributed by atoms with E-state index in [1.54, 1.807) is 4.90 Å². The number of carbonyl (C=O) groups is 2. The molecular weight excluding hydrogens is 298 g/mol. The van der Waals surface area contributed by atoms with Crippen molar-refractivity contribution in [3.05, 3.63) is 34.3 Å². The van der Waals surface area contributed by atoms with Crippen molar-refractivity contribution in [1.29, 1.82) is 0 Å². The van der Waals surface area contributed by atoms with Gasteiger partial charge in [0.2, 0.25) is 5.91 Å². The normalized spacial score (nSPS) is 23.4. The molecule has 1 saturated heterocycles. The van der Waals surface area contributed by atoms with Crippen molar-refractivity contribution in [1.82, 2.24) is 4.90 Å². The molecule has 1 aliphatic rings. The number of hydrogen-bond donors (Lipinski definition) is 1. The van der Waals surface area contributed by atoms with Crippen LogP contribution in [0.3, 0.4) is 0 Å². The summed E-state index contributed by atoms with van der Waals surface area (Å²) in [5, 5.41) is 9.25. The number of halogens is 1. The lowest BCUT2D eigenvalue weighted by Gasteiger charge is -2.26. The van der Waals surface area contributed by atoms with Crippen molar-refractivity contribution in [2.45, 2.75) is 19.4 Å². The van der Waals surface area contributed by atoms with Crippen LogP contribution in [0, 0.1) is 5.92 Å². The smallest absolute Gasteiger partial charge is 0.309 e. The van der Waals surface area contributed by atoms with Crippen LogP contribution in [0.15, 0.2) is 28.7 Å². The number of carbonyl (C=O) groups excluding carboxylic acids is 1. The van der Waals surface area contributed by atoms with E-state index in [1.807, 2.05) is 31.2 Å². The van der Waals surface area contributed by atoms with Crippen LogP contribution in [0.1, 0.15) is 24.9 Å². The first-order chi connectivity index (χ1) is 8.54. The quantitative estimate of drug-likeness (QED) is 0.932. The number of rotatable bonds is 3. The fourth-order valence-corrected chi connectivity index (χ4v) is 2.90. The first-order valence-electron chi connectivity index (χ1n) is 5.82. The lowest BCUT2D eigenvalue weighted by Crippen LogP contribution is -2.30. The van der Waals surface area contributed by atoms with E-state index in [0.29, 0.717) is 6.54 Å². The second-order valence-electron chi connectivity index (χ2n) is 4.33. The molecule has 2 unspecified atom stereocenters. The third-order valence-electron chi connectivity index (χ3n) is 3.28. The number of benzene rings is 1. The Hall–Kier alpha value is -1.36. The van der Waals surface area contributed by atoms with Gasteiger partial charge in [-0.1, -0.05) is 28.1 Å². The summed E-state index contributed by atoms with van der Waals surface area (Å²) in [6.45, 7) is 2.40. The SMILES string of the molecule is CCN1C(=O)CC(C(=O)O)C1c1cccc(Br)c1. The third kappa shape index (κ3) is 2.27. The molecular formula is C13H14BrNO3. The van der Waals surface area contributed by atoms with Crippen LogP contribution in [0.4, 0.5) is 0 Å². The topological polar surface area (TPSA) is 57.6 Å². The molecule has 1 aromatic rings. The van der Waals surface area contributed by atoms with E-state index >= 15 is 0 Å². The second-order valence-corrected chi connectivity index (χ2v) is 5.24. The van der Waals surface area contributed by atoms with Gasteiger partial charge in [0, 0.05) is 17.4 Å². The van der Waals surface area contributed by atoms with E-state index in [2.05, 4.69) is 15.9 Å². The molecule has 0 aliphatic carbocycles. The van der Waals surface area contributed by atoms with Gasteiger partial charge in [-0.2, -0.15) is 0 Å². The highest BCUT2D eigenvalue weighted by Gasteiger charge is 2.43. The molecule has 2 atom stereocenters. The van der Waals surface area contributed by atoms with Gasteiger partial charge < -0.3 is 10.0 Å². The number of hydrogen-bond acceptors (Lipinski definition) is 2. The molecule has 0 aromatic heterocycles. The average Bonchev–Trinajstić information content (AvgIpc) is 2.66. The highest BCUT2D eigenvalue weighted by Crippen LogP contribution is 2.38. The molecule has 0 spiro atoms. The molecule has 18 heavy (non-hydrogen) atoms. The molecule has 96 valence electrons. The predicted octanol–water partition coefficient (Wildman–Crippen LogP) is 2.44. The Kier molecular flexibility index (Phi) is 3.71. The molecule has 1 aromatic carbocycles. The molecule has 1 N–H and O–H groups in total. The monoisotopic (exact) mass is 311 g/mol. The average molecular weight is 312 g/mol. The Balaban J connectivity index is 2.42. The standard InChI is InChI=1S/C13H14BrNO3/c1-2-15-11(16)7-10(13(17)18)12(15)8-4-3-5-9(14)6-8/h3-6,10,12H,2,7H2,1H3,(H,17,18). The van der Waals surface area contributed by atoms with Crippen LogP contribution in [0.25, 0.3) is 0 Å². The lowest BCUT2D eigenvalue weighted by atomic mass is 9.94. The van der Waals surface area contributed by atoms with Crippen LogP contribution in [0.2, 0.25) is 0 Å². The van der Waals surface area contributed by atoms with E-state index in [-0.39, 0.29) is 18.4 Å². The lowest BCUT2D eigenvalue weighted by molar-refractivity contribution is -0.142. The predicted molar refractivity (Wildman–Crippen MR) is 70.0 cm³/mol. The Morgan fingerprint density at radius 3 is 2.83 bits per heavy atom. The summed E-state index contributed by atoms with van der Waals surface area (Å²) >= 11 is 3.37. The van der Waals surface area contributed by atoms with Crippen molar-refractivity contribution >= 4 is 27.8 Å². The maximum absolute atomic E-state index is 11.8. The summed E-state index contributed by atoms with van der Waals surface area (Å²) in [7, 11) is 0. The summed E-state index contributed by atoms with van der Waals surface area (Å²) < 4.78 is 0.888. The van der Waals surface area contributed by atoms with Crippen LogP contribution in [0.5, 0.6) is 0 Å². The van der Waals surface area contributed by atoms with Crippen LogP contribution >= 0.6 is 15.9 Å². The van der Waals surface area contributed by atoms with Gasteiger partial charge in [-0.3, -0.25) is 9.59 Å². The first kappa shape index (κ1) is 13.1. The van der Waals surface area contributed by atoms with Gasteiger partial charge in [0.25, 0.3) is 0 Å². The number of likely N-dealkylation sites (tertiary alicyclic amines) is 1. The fourth-order valence-electron chi connectivity index (χ4n) is 2.49. The van der Waals surface area contributed by atoms with E-state index in [9.17, 15) is 14.7 Å². The molecule has 4 nitrogen and oxygen atoms in total. The molecule has 1 aliphatic heterocycles. The zero-order valence-corrected chi connectivity index (χ0v) is 11.6. The minimum Gasteiger partial charge on any atom is -0.481 e. The highest BCUT2D eigenvalue weighted by atomic mass is 79.9. The molecule has 1 fully saturated rings. The summed E-state index contributed by atoms with van der Waals surface area (Å²) in [6.07, 6.45) is 0.0837. The molecule has 1 heterocycles. The maximum Gasteiger partial charge on any atom is 0.309 e. The summed E-state index contributed by atoms with van der Waals surface area (Å²) in [4.78, 5) is 24.8. The summed E-state index contributed by atoms with van der Waals surface area (Å²) in [5.41, 5.74) is 0.865. The van der Waals surface area contributed by atoms with Gasteiger partial charge in [-0.25, -0.2) is 0 Å². The van der Waals surface area contributed by atoms with E-state index in [4.69, 9.17) is 0 Å².